The van der Waals surface area contributed by atoms with Crippen LogP contribution in [0.1, 0.15) is 45.8 Å². The molecular weight excluding hydrogens is 602 g/mol. The summed E-state index contributed by atoms with van der Waals surface area (Å²) >= 11 is 6.91. The van der Waals surface area contributed by atoms with Crippen LogP contribution in [0.3, 0.4) is 0 Å². The SMILES string of the molecule is CC(C)N(C(=O)c1ccc(Cl)cn1)c1cc(F)c(Oc2ncc(CSc3ncccn3)cc2C(F)(F)F)cc1C(=O)O. The summed E-state index contributed by atoms with van der Waals surface area (Å²) in [5, 5.41) is 10.5. The van der Waals surface area contributed by atoms with E-state index in [2.05, 4.69) is 19.9 Å². The van der Waals surface area contributed by atoms with Crippen molar-refractivity contribution in [1.82, 2.24) is 19.9 Å². The Morgan fingerprint density at radius 2 is 1.79 bits per heavy atom. The maximum absolute atomic E-state index is 15.3. The van der Waals surface area contributed by atoms with Crippen LogP contribution in [-0.4, -0.2) is 43.0 Å². The summed E-state index contributed by atoms with van der Waals surface area (Å²) in [7, 11) is 0. The number of hydrogen-bond acceptors (Lipinski definition) is 8. The van der Waals surface area contributed by atoms with E-state index < -0.39 is 52.7 Å². The van der Waals surface area contributed by atoms with Crippen molar-refractivity contribution < 1.29 is 37.0 Å². The van der Waals surface area contributed by atoms with E-state index in [1.165, 1.54) is 30.7 Å². The molecule has 3 heterocycles. The van der Waals surface area contributed by atoms with Gasteiger partial charge in [0.2, 0.25) is 5.88 Å². The molecule has 9 nitrogen and oxygen atoms in total. The molecule has 4 rings (SSSR count). The lowest BCUT2D eigenvalue weighted by atomic mass is 10.1. The molecule has 0 saturated carbocycles. The van der Waals surface area contributed by atoms with Gasteiger partial charge in [0.05, 0.1) is 16.3 Å². The molecule has 4 aromatic rings. The topological polar surface area (TPSA) is 118 Å². The first-order valence-electron chi connectivity index (χ1n) is 12.0. The van der Waals surface area contributed by atoms with E-state index >= 15 is 4.39 Å². The number of alkyl halides is 3. The second-order valence-electron chi connectivity index (χ2n) is 8.85. The molecule has 0 unspecified atom stereocenters. The Hall–Kier alpha value is -4.30. The lowest BCUT2D eigenvalue weighted by molar-refractivity contribution is -0.139. The maximum atomic E-state index is 15.3. The average Bonchev–Trinajstić information content (AvgIpc) is 2.93. The third-order valence-electron chi connectivity index (χ3n) is 5.55. The summed E-state index contributed by atoms with van der Waals surface area (Å²) in [4.78, 5) is 42.0. The van der Waals surface area contributed by atoms with E-state index in [0.29, 0.717) is 17.3 Å². The van der Waals surface area contributed by atoms with Crippen molar-refractivity contribution in [2.75, 3.05) is 4.90 Å². The minimum absolute atomic E-state index is 0.0497. The van der Waals surface area contributed by atoms with Gasteiger partial charge in [-0.1, -0.05) is 23.4 Å². The van der Waals surface area contributed by atoms with Gasteiger partial charge in [-0.15, -0.1) is 0 Å². The fraction of sp³-hybridized carbons (Fsp3) is 0.185. The molecule has 1 amide bonds. The van der Waals surface area contributed by atoms with E-state index in [9.17, 15) is 27.9 Å². The van der Waals surface area contributed by atoms with E-state index in [4.69, 9.17) is 16.3 Å². The minimum Gasteiger partial charge on any atom is -0.478 e. The minimum atomic E-state index is -4.94. The van der Waals surface area contributed by atoms with Crippen LogP contribution < -0.4 is 9.64 Å². The molecule has 0 bridgehead atoms. The summed E-state index contributed by atoms with van der Waals surface area (Å²) in [6.45, 7) is 3.12. The Morgan fingerprint density at radius 3 is 2.38 bits per heavy atom. The lowest BCUT2D eigenvalue weighted by Gasteiger charge is -2.28. The molecule has 0 atom stereocenters. The highest BCUT2D eigenvalue weighted by atomic mass is 35.5. The smallest absolute Gasteiger partial charge is 0.421 e. The van der Waals surface area contributed by atoms with Gasteiger partial charge in [-0.05, 0) is 43.7 Å². The Kier molecular flexibility index (Phi) is 9.27. The highest BCUT2D eigenvalue weighted by Crippen LogP contribution is 2.40. The van der Waals surface area contributed by atoms with Gasteiger partial charge in [0, 0.05) is 48.7 Å². The summed E-state index contributed by atoms with van der Waals surface area (Å²) in [6.07, 6.45) is 0.366. The third kappa shape index (κ3) is 7.12. The van der Waals surface area contributed by atoms with Crippen LogP contribution in [0.25, 0.3) is 0 Å². The molecular formula is C27H20ClF4N5O4S. The van der Waals surface area contributed by atoms with Crippen LogP contribution in [-0.2, 0) is 11.9 Å². The second kappa shape index (κ2) is 12.7. The maximum Gasteiger partial charge on any atom is 0.421 e. The number of ether oxygens (including phenoxy) is 1. The number of amides is 1. The fourth-order valence-corrected chi connectivity index (χ4v) is 4.55. The van der Waals surface area contributed by atoms with Crippen molar-refractivity contribution in [2.45, 2.75) is 37.0 Å². The van der Waals surface area contributed by atoms with Gasteiger partial charge >= 0.3 is 12.1 Å². The number of carbonyl (C=O) groups is 2. The molecule has 0 aliphatic rings. The van der Waals surface area contributed by atoms with E-state index in [0.717, 1.165) is 28.9 Å². The number of thioether (sulfide) groups is 1. The van der Waals surface area contributed by atoms with Crippen LogP contribution in [0, 0.1) is 5.82 Å². The molecule has 1 N–H and O–H groups in total. The quantitative estimate of drug-likeness (QED) is 0.121. The number of carboxylic acid groups (broad SMARTS) is 1. The predicted molar refractivity (Wildman–Crippen MR) is 145 cm³/mol. The highest BCUT2D eigenvalue weighted by molar-refractivity contribution is 7.98. The Labute approximate surface area is 245 Å². The molecule has 0 fully saturated rings. The monoisotopic (exact) mass is 621 g/mol. The number of carboxylic acids is 1. The van der Waals surface area contributed by atoms with Gasteiger partial charge in [0.25, 0.3) is 5.91 Å². The molecule has 0 aliphatic carbocycles. The molecule has 218 valence electrons. The number of hydrogen-bond donors (Lipinski definition) is 1. The predicted octanol–water partition coefficient (Wildman–Crippen LogP) is 6.92. The molecule has 42 heavy (non-hydrogen) atoms. The normalized spacial score (nSPS) is 11.4. The number of rotatable bonds is 9. The van der Waals surface area contributed by atoms with Gasteiger partial charge in [-0.25, -0.2) is 29.1 Å². The third-order valence-corrected chi connectivity index (χ3v) is 6.72. The van der Waals surface area contributed by atoms with Crippen LogP contribution >= 0.6 is 23.4 Å². The largest absolute Gasteiger partial charge is 0.478 e. The number of benzene rings is 1. The van der Waals surface area contributed by atoms with Gasteiger partial charge in [0.1, 0.15) is 11.3 Å². The first-order chi connectivity index (χ1) is 19.8. The first-order valence-corrected chi connectivity index (χ1v) is 13.4. The van der Waals surface area contributed by atoms with Crippen LogP contribution in [0.2, 0.25) is 5.02 Å². The van der Waals surface area contributed by atoms with Crippen molar-refractivity contribution in [3.8, 4) is 11.6 Å². The summed E-state index contributed by atoms with van der Waals surface area (Å²) in [6, 6.07) is 5.82. The van der Waals surface area contributed by atoms with Crippen LogP contribution in [0.5, 0.6) is 11.6 Å². The Balaban J connectivity index is 1.70. The van der Waals surface area contributed by atoms with Gasteiger partial charge < -0.3 is 14.7 Å². The number of carbonyl (C=O) groups excluding carboxylic acids is 1. The summed E-state index contributed by atoms with van der Waals surface area (Å²) in [5.74, 6) is -5.35. The number of aromatic carboxylic acids is 1. The molecule has 3 aromatic heterocycles. The van der Waals surface area contributed by atoms with E-state index in [-0.39, 0.29) is 27.7 Å². The van der Waals surface area contributed by atoms with E-state index in [1.807, 2.05) is 0 Å². The molecule has 1 aromatic carbocycles. The standard InChI is InChI=1S/C27H20ClF4N5O4S/c1-14(2)37(24(38)20-5-4-16(28)12-35-20)21-10-19(29)22(9-17(21)25(39)40)41-23-18(27(30,31)32)8-15(11-36-23)13-42-26-33-6-3-7-34-26/h3-12,14H,13H2,1-2H3,(H,39,40). The summed E-state index contributed by atoms with van der Waals surface area (Å²) in [5.41, 5.74) is -2.20. The van der Waals surface area contributed by atoms with E-state index in [1.54, 1.807) is 19.9 Å². The number of anilines is 1. The van der Waals surface area contributed by atoms with Crippen LogP contribution in [0.15, 0.2) is 66.3 Å². The number of pyridine rings is 2. The average molecular weight is 622 g/mol. The zero-order valence-electron chi connectivity index (χ0n) is 21.8. The number of halogens is 5. The van der Waals surface area contributed by atoms with Gasteiger partial charge in [-0.3, -0.25) is 4.79 Å². The van der Waals surface area contributed by atoms with Gasteiger partial charge in [0.15, 0.2) is 16.7 Å². The zero-order valence-corrected chi connectivity index (χ0v) is 23.3. The number of nitrogens with zero attached hydrogens (tertiary/aromatic N) is 5. The molecule has 0 radical (unpaired) electrons. The second-order valence-corrected chi connectivity index (χ2v) is 10.2. The van der Waals surface area contributed by atoms with Crippen molar-refractivity contribution in [2.24, 2.45) is 0 Å². The molecule has 15 heteroatoms. The fourth-order valence-electron chi connectivity index (χ4n) is 3.71. The summed E-state index contributed by atoms with van der Waals surface area (Å²) < 4.78 is 62.3. The van der Waals surface area contributed by atoms with Crippen molar-refractivity contribution >= 4 is 40.9 Å². The Morgan fingerprint density at radius 1 is 1.07 bits per heavy atom. The van der Waals surface area contributed by atoms with Crippen LogP contribution in [0.4, 0.5) is 23.2 Å². The highest BCUT2D eigenvalue weighted by Gasteiger charge is 2.37. The molecule has 0 spiro atoms. The van der Waals surface area contributed by atoms with Crippen molar-refractivity contribution in [3.63, 3.8) is 0 Å². The molecule has 0 saturated heterocycles. The van der Waals surface area contributed by atoms with Gasteiger partial charge in [-0.2, -0.15) is 13.2 Å². The van der Waals surface area contributed by atoms with Crippen molar-refractivity contribution in [3.05, 3.63) is 94.4 Å². The molecule has 0 aliphatic heterocycles. The van der Waals surface area contributed by atoms with Crippen molar-refractivity contribution in [1.29, 1.82) is 0 Å². The lowest BCUT2D eigenvalue weighted by Crippen LogP contribution is -2.38. The zero-order chi connectivity index (χ0) is 30.6. The number of aromatic nitrogens is 4. The Bertz CT molecular complexity index is 1610. The first kappa shape index (κ1) is 30.7.